The molecule has 0 atom stereocenters. The van der Waals surface area contributed by atoms with E-state index < -0.39 is 0 Å². The van der Waals surface area contributed by atoms with Gasteiger partial charge in [0.15, 0.2) is 0 Å². The molecule has 0 unspecified atom stereocenters. The molecule has 3 nitrogen and oxygen atoms in total. The van der Waals surface area contributed by atoms with Crippen molar-refractivity contribution in [2.75, 3.05) is 0 Å². The molecule has 0 saturated carbocycles. The fourth-order valence-corrected chi connectivity index (χ4v) is 0.650. The largest absolute Gasteiger partial charge is 0.516 e. The van der Waals surface area contributed by atoms with Crippen molar-refractivity contribution in [3.8, 4) is 0 Å². The molecule has 0 fully saturated rings. The molecule has 0 spiro atoms. The van der Waals surface area contributed by atoms with Crippen molar-refractivity contribution in [1.29, 1.82) is 0 Å². The smallest absolute Gasteiger partial charge is 0.0797 e. The molecule has 1 aromatic rings. The van der Waals surface area contributed by atoms with Crippen LogP contribution in [0.4, 0.5) is 0 Å². The maximum Gasteiger partial charge on any atom is 0.0797 e. The van der Waals surface area contributed by atoms with Crippen LogP contribution in [-0.2, 0) is 0 Å². The molecule has 0 radical (unpaired) electrons. The summed E-state index contributed by atoms with van der Waals surface area (Å²) in [6, 6.07) is 9.64. The van der Waals surface area contributed by atoms with Gasteiger partial charge >= 0.3 is 0 Å². The lowest BCUT2D eigenvalue weighted by molar-refractivity contribution is 0.478. The predicted molar refractivity (Wildman–Crippen MR) is 46.5 cm³/mol. The maximum absolute atomic E-state index is 8.34. The Bertz CT molecular complexity index is 197. The van der Waals surface area contributed by atoms with E-state index in [1.807, 2.05) is 30.3 Å². The summed E-state index contributed by atoms with van der Waals surface area (Å²) in [6.45, 7) is 0. The summed E-state index contributed by atoms with van der Waals surface area (Å²) in [5.74, 6) is 8.00. The summed E-state index contributed by atoms with van der Waals surface area (Å²) in [5.41, 5.74) is 1.01. The Labute approximate surface area is 65.9 Å². The Morgan fingerprint density at radius 2 is 1.64 bits per heavy atom. The first-order chi connectivity index (χ1) is 5.43. The molecular formula is C8H12N2O. The number of aliphatic hydroxyl groups is 1. The van der Waals surface area contributed by atoms with Crippen molar-refractivity contribution in [2.45, 2.75) is 0 Å². The van der Waals surface area contributed by atoms with Gasteiger partial charge in [0, 0.05) is 0 Å². The van der Waals surface area contributed by atoms with E-state index >= 15 is 0 Å². The van der Waals surface area contributed by atoms with Crippen molar-refractivity contribution in [3.63, 3.8) is 0 Å². The van der Waals surface area contributed by atoms with E-state index in [0.717, 1.165) is 11.8 Å². The lowest BCUT2D eigenvalue weighted by Gasteiger charge is -1.86. The zero-order valence-electron chi connectivity index (χ0n) is 6.14. The number of hydrogen-bond acceptors (Lipinski definition) is 3. The first-order valence-electron chi connectivity index (χ1n) is 3.12. The molecule has 0 aliphatic rings. The third-order valence-electron chi connectivity index (χ3n) is 1.07. The number of rotatable bonds is 1. The summed E-state index contributed by atoms with van der Waals surface area (Å²) < 4.78 is 0. The van der Waals surface area contributed by atoms with Crippen LogP contribution in [0.1, 0.15) is 5.56 Å². The Kier molecular flexibility index (Phi) is 5.98. The van der Waals surface area contributed by atoms with Gasteiger partial charge < -0.3 is 5.11 Å². The molecule has 60 valence electrons. The molecule has 11 heavy (non-hydrogen) atoms. The summed E-state index contributed by atoms with van der Waals surface area (Å²) >= 11 is 0. The van der Waals surface area contributed by atoms with Crippen LogP contribution in [-0.4, -0.2) is 5.11 Å². The van der Waals surface area contributed by atoms with Crippen LogP contribution < -0.4 is 11.7 Å². The number of hydrogen-bond donors (Lipinski definition) is 3. The van der Waals surface area contributed by atoms with Gasteiger partial charge in [-0.2, -0.15) is 0 Å². The standard InChI is InChI=1S/C8H8O.H4N2/c9-7-6-8-4-2-1-3-5-8;1-2/h1-7,9H;1-2H2. The SMILES string of the molecule is NN.OC=Cc1ccccc1. The molecule has 0 aliphatic carbocycles. The van der Waals surface area contributed by atoms with Gasteiger partial charge in [-0.1, -0.05) is 30.3 Å². The highest BCUT2D eigenvalue weighted by molar-refractivity contribution is 5.47. The summed E-state index contributed by atoms with van der Waals surface area (Å²) in [5, 5.41) is 8.34. The van der Waals surface area contributed by atoms with Gasteiger partial charge in [0.25, 0.3) is 0 Å². The lowest BCUT2D eigenvalue weighted by Crippen LogP contribution is -2.02. The summed E-state index contributed by atoms with van der Waals surface area (Å²) in [6.07, 6.45) is 2.68. The lowest BCUT2D eigenvalue weighted by atomic mass is 10.2. The number of nitrogens with two attached hydrogens (primary N) is 2. The third kappa shape index (κ3) is 4.13. The van der Waals surface area contributed by atoms with Crippen LogP contribution in [0.3, 0.4) is 0 Å². The van der Waals surface area contributed by atoms with Crippen molar-refractivity contribution in [3.05, 3.63) is 42.2 Å². The molecule has 0 heterocycles. The fraction of sp³-hybridized carbons (Fsp3) is 0. The highest BCUT2D eigenvalue weighted by Gasteiger charge is 1.78. The van der Waals surface area contributed by atoms with E-state index in [2.05, 4.69) is 11.7 Å². The molecule has 1 aromatic carbocycles. The highest BCUT2D eigenvalue weighted by atomic mass is 16.2. The monoisotopic (exact) mass is 152 g/mol. The third-order valence-corrected chi connectivity index (χ3v) is 1.07. The maximum atomic E-state index is 8.34. The minimum Gasteiger partial charge on any atom is -0.516 e. The van der Waals surface area contributed by atoms with E-state index in [0.29, 0.717) is 0 Å². The number of hydrazine groups is 1. The molecule has 0 saturated heterocycles. The zero-order chi connectivity index (χ0) is 8.53. The van der Waals surface area contributed by atoms with Crippen molar-refractivity contribution in [2.24, 2.45) is 11.7 Å². The van der Waals surface area contributed by atoms with Gasteiger partial charge in [-0.25, -0.2) is 0 Å². The topological polar surface area (TPSA) is 72.3 Å². The second-order valence-corrected chi connectivity index (χ2v) is 1.73. The molecule has 0 aromatic heterocycles. The van der Waals surface area contributed by atoms with Crippen LogP contribution in [0.5, 0.6) is 0 Å². The average Bonchev–Trinajstić information content (AvgIpc) is 2.11. The summed E-state index contributed by atoms with van der Waals surface area (Å²) in [4.78, 5) is 0. The molecule has 5 N–H and O–H groups in total. The molecular weight excluding hydrogens is 140 g/mol. The number of aliphatic hydroxyl groups excluding tert-OH is 1. The normalized spacial score (nSPS) is 8.91. The Morgan fingerprint density at radius 3 is 2.09 bits per heavy atom. The second kappa shape index (κ2) is 6.80. The van der Waals surface area contributed by atoms with Gasteiger partial charge in [-0.15, -0.1) is 0 Å². The van der Waals surface area contributed by atoms with Crippen molar-refractivity contribution in [1.82, 2.24) is 0 Å². The van der Waals surface area contributed by atoms with Crippen LogP contribution in [0.2, 0.25) is 0 Å². The van der Waals surface area contributed by atoms with Crippen molar-refractivity contribution < 1.29 is 5.11 Å². The van der Waals surface area contributed by atoms with Crippen LogP contribution in [0.25, 0.3) is 6.08 Å². The molecule has 0 aliphatic heterocycles. The van der Waals surface area contributed by atoms with Gasteiger partial charge in [0.05, 0.1) is 6.26 Å². The minimum atomic E-state index is 1.01. The quantitative estimate of drug-likeness (QED) is 0.320. The van der Waals surface area contributed by atoms with Gasteiger partial charge in [0.1, 0.15) is 0 Å². The second-order valence-electron chi connectivity index (χ2n) is 1.73. The summed E-state index contributed by atoms with van der Waals surface area (Å²) in [7, 11) is 0. The number of benzene rings is 1. The molecule has 3 heteroatoms. The van der Waals surface area contributed by atoms with Gasteiger partial charge in [0.2, 0.25) is 0 Å². The Balaban J connectivity index is 0.000000461. The Morgan fingerprint density at radius 1 is 1.09 bits per heavy atom. The minimum absolute atomic E-state index is 1.01. The van der Waals surface area contributed by atoms with E-state index in [9.17, 15) is 0 Å². The zero-order valence-corrected chi connectivity index (χ0v) is 6.14. The van der Waals surface area contributed by atoms with Crippen LogP contribution >= 0.6 is 0 Å². The first-order valence-corrected chi connectivity index (χ1v) is 3.12. The molecule has 1 rings (SSSR count). The van der Waals surface area contributed by atoms with E-state index in [-0.39, 0.29) is 0 Å². The van der Waals surface area contributed by atoms with Crippen LogP contribution in [0, 0.1) is 0 Å². The van der Waals surface area contributed by atoms with E-state index in [1.54, 1.807) is 6.08 Å². The van der Waals surface area contributed by atoms with Crippen molar-refractivity contribution >= 4 is 6.08 Å². The van der Waals surface area contributed by atoms with E-state index in [1.165, 1.54) is 0 Å². The average molecular weight is 152 g/mol. The van der Waals surface area contributed by atoms with Crippen LogP contribution in [0.15, 0.2) is 36.6 Å². The highest BCUT2D eigenvalue weighted by Crippen LogP contribution is 1.98. The first kappa shape index (κ1) is 9.68. The molecule has 0 bridgehead atoms. The van der Waals surface area contributed by atoms with Gasteiger partial charge in [-0.05, 0) is 11.6 Å². The molecule has 0 amide bonds. The predicted octanol–water partition coefficient (Wildman–Crippen LogP) is 1.03. The fourth-order valence-electron chi connectivity index (χ4n) is 0.650. The van der Waals surface area contributed by atoms with E-state index in [4.69, 9.17) is 5.11 Å². The van der Waals surface area contributed by atoms with Gasteiger partial charge in [-0.3, -0.25) is 11.7 Å². The Hall–Kier alpha value is -1.32.